The molecule has 0 aromatic heterocycles. The smallest absolute Gasteiger partial charge is 0.246 e. The first-order valence-corrected chi connectivity index (χ1v) is 8.85. The van der Waals surface area contributed by atoms with Gasteiger partial charge in [0.2, 0.25) is 11.8 Å². The molecule has 0 aliphatic carbocycles. The Balaban J connectivity index is 2.79. The summed E-state index contributed by atoms with van der Waals surface area (Å²) in [7, 11) is 0. The van der Waals surface area contributed by atoms with Gasteiger partial charge in [-0.25, -0.2) is 0 Å². The minimum atomic E-state index is -0.607. The highest BCUT2D eigenvalue weighted by atomic mass is 16.3. The van der Waals surface area contributed by atoms with Gasteiger partial charge in [0.25, 0.3) is 0 Å². The van der Waals surface area contributed by atoms with Gasteiger partial charge in [-0.05, 0) is 30.4 Å². The number of para-hydroxylation sites is 1. The fraction of sp³-hybridized carbons (Fsp3) is 0.579. The van der Waals surface area contributed by atoms with Crippen molar-refractivity contribution in [3.05, 3.63) is 30.3 Å². The van der Waals surface area contributed by atoms with Crippen LogP contribution in [0, 0.1) is 11.8 Å². The van der Waals surface area contributed by atoms with Gasteiger partial charge in [-0.15, -0.1) is 0 Å². The van der Waals surface area contributed by atoms with Crippen LogP contribution in [0.2, 0.25) is 0 Å². The van der Waals surface area contributed by atoms with Crippen molar-refractivity contribution in [2.45, 2.75) is 46.2 Å². The summed E-state index contributed by atoms with van der Waals surface area (Å²) in [6.07, 6.45) is 0.551. The van der Waals surface area contributed by atoms with E-state index in [0.29, 0.717) is 18.7 Å². The molecule has 6 heteroatoms. The predicted molar refractivity (Wildman–Crippen MR) is 100 cm³/mol. The molecule has 6 nitrogen and oxygen atoms in total. The fourth-order valence-electron chi connectivity index (χ4n) is 2.57. The lowest BCUT2D eigenvalue weighted by Crippen LogP contribution is -2.54. The van der Waals surface area contributed by atoms with Crippen molar-refractivity contribution in [1.29, 1.82) is 0 Å². The minimum Gasteiger partial charge on any atom is -0.395 e. The predicted octanol–water partition coefficient (Wildman–Crippen LogP) is 1.76. The molecular weight excluding hydrogens is 318 g/mol. The van der Waals surface area contributed by atoms with Gasteiger partial charge in [0, 0.05) is 12.2 Å². The zero-order valence-electron chi connectivity index (χ0n) is 15.6. The summed E-state index contributed by atoms with van der Waals surface area (Å²) in [6, 6.07) is 8.13. The van der Waals surface area contributed by atoms with Gasteiger partial charge in [-0.2, -0.15) is 0 Å². The second-order valence-corrected chi connectivity index (χ2v) is 6.95. The van der Waals surface area contributed by atoms with Crippen molar-refractivity contribution in [2.24, 2.45) is 11.8 Å². The summed E-state index contributed by atoms with van der Waals surface area (Å²) in [5, 5.41) is 17.7. The van der Waals surface area contributed by atoms with Gasteiger partial charge in [0.1, 0.15) is 6.04 Å². The molecule has 1 aromatic rings. The molecule has 0 spiro atoms. The van der Waals surface area contributed by atoms with E-state index in [1.54, 1.807) is 0 Å². The molecule has 0 radical (unpaired) electrons. The van der Waals surface area contributed by atoms with E-state index in [0.717, 1.165) is 0 Å². The Kier molecular flexibility index (Phi) is 9.16. The van der Waals surface area contributed by atoms with Crippen LogP contribution in [-0.4, -0.2) is 42.2 Å². The third-order valence-corrected chi connectivity index (χ3v) is 3.81. The Hall–Kier alpha value is -1.92. The van der Waals surface area contributed by atoms with E-state index >= 15 is 0 Å². The molecule has 2 atom stereocenters. The van der Waals surface area contributed by atoms with Gasteiger partial charge >= 0.3 is 0 Å². The van der Waals surface area contributed by atoms with E-state index in [1.807, 2.05) is 58.0 Å². The number of rotatable bonds is 10. The van der Waals surface area contributed by atoms with E-state index in [1.165, 1.54) is 0 Å². The van der Waals surface area contributed by atoms with E-state index < -0.39 is 12.1 Å². The molecular formula is C19H31N3O3. The Morgan fingerprint density at radius 2 is 1.68 bits per heavy atom. The first-order valence-electron chi connectivity index (χ1n) is 8.85. The number of amides is 2. The summed E-state index contributed by atoms with van der Waals surface area (Å²) >= 11 is 0. The standard InChI is InChI=1S/C19H31N3O3/c1-13(2)12-16(18(24)21-15-8-6-5-7-9-15)22-19(25)17(14(3)4)20-10-11-23/h5-9,13-14,16-17,20,23H,10-12H2,1-4H3,(H,21,24)(H,22,25)/t16-,17+/m1/s1. The summed E-state index contributed by atoms with van der Waals surface area (Å²) in [4.78, 5) is 25.2. The van der Waals surface area contributed by atoms with Crippen molar-refractivity contribution >= 4 is 17.5 Å². The number of carbonyl (C=O) groups is 2. The first-order chi connectivity index (χ1) is 11.8. The number of nitrogens with one attached hydrogen (secondary N) is 3. The molecule has 4 N–H and O–H groups in total. The molecule has 0 aliphatic rings. The summed E-state index contributed by atoms with van der Waals surface area (Å²) in [6.45, 7) is 8.17. The molecule has 0 saturated carbocycles. The highest BCUT2D eigenvalue weighted by molar-refractivity contribution is 5.97. The quantitative estimate of drug-likeness (QED) is 0.518. The summed E-state index contributed by atoms with van der Waals surface area (Å²) < 4.78 is 0. The normalized spacial score (nSPS) is 13.6. The van der Waals surface area contributed by atoms with Crippen LogP contribution in [0.3, 0.4) is 0 Å². The third kappa shape index (κ3) is 7.67. The van der Waals surface area contributed by atoms with Crippen molar-refractivity contribution < 1.29 is 14.7 Å². The van der Waals surface area contributed by atoms with Crippen molar-refractivity contribution in [1.82, 2.24) is 10.6 Å². The van der Waals surface area contributed by atoms with E-state index in [9.17, 15) is 9.59 Å². The van der Waals surface area contributed by atoms with Crippen LogP contribution in [0.5, 0.6) is 0 Å². The van der Waals surface area contributed by atoms with Gasteiger partial charge in [0.15, 0.2) is 0 Å². The molecule has 0 bridgehead atoms. The number of carbonyl (C=O) groups excluding carboxylic acids is 2. The third-order valence-electron chi connectivity index (χ3n) is 3.81. The van der Waals surface area contributed by atoms with E-state index in [2.05, 4.69) is 16.0 Å². The van der Waals surface area contributed by atoms with Crippen LogP contribution < -0.4 is 16.0 Å². The van der Waals surface area contributed by atoms with Crippen LogP contribution in [0.25, 0.3) is 0 Å². The maximum absolute atomic E-state index is 12.6. The molecule has 0 unspecified atom stereocenters. The maximum atomic E-state index is 12.6. The number of benzene rings is 1. The van der Waals surface area contributed by atoms with Crippen molar-refractivity contribution in [2.75, 3.05) is 18.5 Å². The van der Waals surface area contributed by atoms with E-state index in [-0.39, 0.29) is 30.3 Å². The Labute approximate surface area is 150 Å². The Morgan fingerprint density at radius 1 is 1.04 bits per heavy atom. The molecule has 1 rings (SSSR count). The first kappa shape index (κ1) is 21.1. The summed E-state index contributed by atoms with van der Waals surface area (Å²) in [5.41, 5.74) is 0.703. The second kappa shape index (κ2) is 10.8. The largest absolute Gasteiger partial charge is 0.395 e. The number of anilines is 1. The number of aliphatic hydroxyl groups is 1. The van der Waals surface area contributed by atoms with Gasteiger partial charge in [0.05, 0.1) is 12.6 Å². The lowest BCUT2D eigenvalue weighted by molar-refractivity contribution is -0.129. The lowest BCUT2D eigenvalue weighted by atomic mass is 10.00. The van der Waals surface area contributed by atoms with E-state index in [4.69, 9.17) is 5.11 Å². The van der Waals surface area contributed by atoms with Crippen LogP contribution in [0.4, 0.5) is 5.69 Å². The fourth-order valence-corrected chi connectivity index (χ4v) is 2.57. The van der Waals surface area contributed by atoms with Crippen molar-refractivity contribution in [3.8, 4) is 0 Å². The molecule has 0 saturated heterocycles. The van der Waals surface area contributed by atoms with Crippen molar-refractivity contribution in [3.63, 3.8) is 0 Å². The van der Waals surface area contributed by atoms with Gasteiger partial charge < -0.3 is 21.1 Å². The highest BCUT2D eigenvalue weighted by Crippen LogP contribution is 2.11. The Morgan fingerprint density at radius 3 is 2.20 bits per heavy atom. The van der Waals surface area contributed by atoms with Gasteiger partial charge in [-0.3, -0.25) is 9.59 Å². The van der Waals surface area contributed by atoms with Gasteiger partial charge in [-0.1, -0.05) is 45.9 Å². The van der Waals surface area contributed by atoms with Crippen LogP contribution in [0.15, 0.2) is 30.3 Å². The average molecular weight is 349 g/mol. The zero-order chi connectivity index (χ0) is 18.8. The number of aliphatic hydroxyl groups excluding tert-OH is 1. The number of hydrogen-bond acceptors (Lipinski definition) is 4. The Bertz CT molecular complexity index is 532. The van der Waals surface area contributed by atoms with Crippen LogP contribution in [0.1, 0.15) is 34.1 Å². The highest BCUT2D eigenvalue weighted by Gasteiger charge is 2.27. The summed E-state index contributed by atoms with van der Waals surface area (Å²) in [5.74, 6) is -0.145. The monoisotopic (exact) mass is 349 g/mol. The minimum absolute atomic E-state index is 0.0413. The second-order valence-electron chi connectivity index (χ2n) is 6.95. The van der Waals surface area contributed by atoms with Crippen LogP contribution in [-0.2, 0) is 9.59 Å². The number of hydrogen-bond donors (Lipinski definition) is 4. The molecule has 1 aromatic carbocycles. The molecule has 0 heterocycles. The topological polar surface area (TPSA) is 90.5 Å². The zero-order valence-corrected chi connectivity index (χ0v) is 15.6. The SMILES string of the molecule is CC(C)C[C@@H](NC(=O)[C@@H](NCCO)C(C)C)C(=O)Nc1ccccc1. The average Bonchev–Trinajstić information content (AvgIpc) is 2.54. The molecule has 140 valence electrons. The molecule has 0 aliphatic heterocycles. The molecule has 0 fully saturated rings. The van der Waals surface area contributed by atoms with Crippen LogP contribution >= 0.6 is 0 Å². The molecule has 2 amide bonds. The molecule has 25 heavy (non-hydrogen) atoms. The lowest BCUT2D eigenvalue weighted by Gasteiger charge is -2.26. The maximum Gasteiger partial charge on any atom is 0.246 e.